The molecule has 0 bridgehead atoms. The summed E-state index contributed by atoms with van der Waals surface area (Å²) in [5.41, 5.74) is 1.45. The van der Waals surface area contributed by atoms with Crippen molar-refractivity contribution in [1.29, 1.82) is 0 Å². The van der Waals surface area contributed by atoms with E-state index >= 15 is 0 Å². The summed E-state index contributed by atoms with van der Waals surface area (Å²) in [5.74, 6) is -0.324. The molecule has 1 aliphatic carbocycles. The third kappa shape index (κ3) is 6.54. The molecule has 0 aromatic heterocycles. The van der Waals surface area contributed by atoms with Gasteiger partial charge in [-0.3, -0.25) is 9.59 Å². The van der Waals surface area contributed by atoms with Crippen LogP contribution >= 0.6 is 46.4 Å². The standard InChI is InChI=1S/C24H26Cl4N2O2/c1-2-22(24(32)29-18-5-3-4-6-18)30(14-16-8-9-17(25)13-20(16)27)23(31)12-15-7-10-19(26)21(28)11-15/h7-11,13,18,22H,2-6,12,14H2,1H3,(H,29,32)/t22-/m1/s1. The van der Waals surface area contributed by atoms with E-state index in [1.165, 1.54) is 0 Å². The van der Waals surface area contributed by atoms with Crippen molar-refractivity contribution < 1.29 is 9.59 Å². The third-order valence-corrected chi connectivity index (χ3v) is 7.11. The van der Waals surface area contributed by atoms with Crippen molar-refractivity contribution in [2.24, 2.45) is 0 Å². The monoisotopic (exact) mass is 514 g/mol. The number of benzene rings is 2. The van der Waals surface area contributed by atoms with E-state index in [2.05, 4.69) is 5.32 Å². The molecule has 2 aromatic rings. The zero-order valence-electron chi connectivity index (χ0n) is 17.8. The Morgan fingerprint density at radius 3 is 2.34 bits per heavy atom. The van der Waals surface area contributed by atoms with Crippen LogP contribution in [0.3, 0.4) is 0 Å². The van der Waals surface area contributed by atoms with Gasteiger partial charge in [0.15, 0.2) is 0 Å². The number of halogens is 4. The van der Waals surface area contributed by atoms with Gasteiger partial charge in [0.1, 0.15) is 6.04 Å². The molecule has 1 saturated carbocycles. The van der Waals surface area contributed by atoms with Gasteiger partial charge in [0, 0.05) is 22.6 Å². The second kappa shape index (κ2) is 11.6. The van der Waals surface area contributed by atoms with Crippen LogP contribution in [0.15, 0.2) is 36.4 Å². The summed E-state index contributed by atoms with van der Waals surface area (Å²) < 4.78 is 0. The van der Waals surface area contributed by atoms with Gasteiger partial charge in [-0.25, -0.2) is 0 Å². The van der Waals surface area contributed by atoms with Crippen LogP contribution in [0, 0.1) is 0 Å². The van der Waals surface area contributed by atoms with Gasteiger partial charge in [-0.15, -0.1) is 0 Å². The molecule has 0 spiro atoms. The second-order valence-corrected chi connectivity index (χ2v) is 9.75. The Morgan fingerprint density at radius 1 is 1.00 bits per heavy atom. The van der Waals surface area contributed by atoms with Gasteiger partial charge in [0.25, 0.3) is 0 Å². The molecule has 0 radical (unpaired) electrons. The fourth-order valence-corrected chi connectivity index (χ4v) is 4.84. The predicted molar refractivity (Wildman–Crippen MR) is 132 cm³/mol. The summed E-state index contributed by atoms with van der Waals surface area (Å²) in [6.45, 7) is 2.11. The molecule has 2 aromatic carbocycles. The van der Waals surface area contributed by atoms with Crippen molar-refractivity contribution in [1.82, 2.24) is 10.2 Å². The van der Waals surface area contributed by atoms with Crippen LogP contribution in [0.5, 0.6) is 0 Å². The van der Waals surface area contributed by atoms with Crippen molar-refractivity contribution in [2.45, 2.75) is 64.1 Å². The van der Waals surface area contributed by atoms with Crippen molar-refractivity contribution in [2.75, 3.05) is 0 Å². The molecule has 8 heteroatoms. The molecule has 3 rings (SSSR count). The van der Waals surface area contributed by atoms with Crippen LogP contribution in [0.1, 0.15) is 50.2 Å². The highest BCUT2D eigenvalue weighted by molar-refractivity contribution is 6.42. The summed E-state index contributed by atoms with van der Waals surface area (Å²) in [5, 5.41) is 4.91. The number of rotatable bonds is 8. The highest BCUT2D eigenvalue weighted by atomic mass is 35.5. The summed E-state index contributed by atoms with van der Waals surface area (Å²) in [7, 11) is 0. The fourth-order valence-electron chi connectivity index (χ4n) is 4.05. The molecule has 1 aliphatic rings. The van der Waals surface area contributed by atoms with Crippen molar-refractivity contribution >= 4 is 58.2 Å². The molecule has 1 N–H and O–H groups in total. The minimum absolute atomic E-state index is 0.0926. The van der Waals surface area contributed by atoms with Gasteiger partial charge in [0.2, 0.25) is 11.8 Å². The van der Waals surface area contributed by atoms with Gasteiger partial charge >= 0.3 is 0 Å². The van der Waals surface area contributed by atoms with Crippen LogP contribution in [0.2, 0.25) is 20.1 Å². The number of hydrogen-bond acceptors (Lipinski definition) is 2. The quantitative estimate of drug-likeness (QED) is 0.424. The van der Waals surface area contributed by atoms with Gasteiger partial charge in [-0.05, 0) is 54.7 Å². The van der Waals surface area contributed by atoms with E-state index in [9.17, 15) is 9.59 Å². The number of carbonyl (C=O) groups is 2. The van der Waals surface area contributed by atoms with Crippen LogP contribution in [0.4, 0.5) is 0 Å². The maximum absolute atomic E-state index is 13.4. The molecule has 2 amide bonds. The molecule has 0 unspecified atom stereocenters. The predicted octanol–water partition coefficient (Wildman–Crippen LogP) is 6.71. The molecule has 32 heavy (non-hydrogen) atoms. The number of carbonyl (C=O) groups excluding carboxylic acids is 2. The first-order valence-electron chi connectivity index (χ1n) is 10.8. The average Bonchev–Trinajstić information content (AvgIpc) is 3.25. The molecule has 0 aliphatic heterocycles. The van der Waals surface area contributed by atoms with E-state index in [4.69, 9.17) is 46.4 Å². The van der Waals surface area contributed by atoms with Crippen molar-refractivity contribution in [3.8, 4) is 0 Å². The lowest BCUT2D eigenvalue weighted by Gasteiger charge is -2.32. The number of nitrogens with one attached hydrogen (secondary N) is 1. The Morgan fingerprint density at radius 2 is 1.72 bits per heavy atom. The van der Waals surface area contributed by atoms with Gasteiger partial charge in [0.05, 0.1) is 16.5 Å². The van der Waals surface area contributed by atoms with Crippen molar-refractivity contribution in [3.63, 3.8) is 0 Å². The highest BCUT2D eigenvalue weighted by Gasteiger charge is 2.31. The van der Waals surface area contributed by atoms with Crippen LogP contribution in [0.25, 0.3) is 0 Å². The first kappa shape index (κ1) is 25.2. The summed E-state index contributed by atoms with van der Waals surface area (Å²) in [6, 6.07) is 9.81. The van der Waals surface area contributed by atoms with E-state index in [1.54, 1.807) is 41.3 Å². The zero-order valence-corrected chi connectivity index (χ0v) is 20.9. The Kier molecular flexibility index (Phi) is 9.13. The van der Waals surface area contributed by atoms with Gasteiger partial charge in [-0.2, -0.15) is 0 Å². The lowest BCUT2D eigenvalue weighted by molar-refractivity contribution is -0.141. The smallest absolute Gasteiger partial charge is 0.243 e. The van der Waals surface area contributed by atoms with E-state index in [-0.39, 0.29) is 30.8 Å². The Bertz CT molecular complexity index is 976. The second-order valence-electron chi connectivity index (χ2n) is 8.10. The lowest BCUT2D eigenvalue weighted by atomic mass is 10.1. The summed E-state index contributed by atoms with van der Waals surface area (Å²) >= 11 is 24.6. The molecule has 1 fully saturated rings. The summed E-state index contributed by atoms with van der Waals surface area (Å²) in [6.07, 6.45) is 4.75. The largest absolute Gasteiger partial charge is 0.352 e. The summed E-state index contributed by atoms with van der Waals surface area (Å²) in [4.78, 5) is 28.2. The van der Waals surface area contributed by atoms with Gasteiger partial charge in [-0.1, -0.05) is 78.3 Å². The zero-order chi connectivity index (χ0) is 23.3. The van der Waals surface area contributed by atoms with Crippen LogP contribution in [-0.4, -0.2) is 28.8 Å². The van der Waals surface area contributed by atoms with Gasteiger partial charge < -0.3 is 10.2 Å². The lowest BCUT2D eigenvalue weighted by Crippen LogP contribution is -2.51. The first-order valence-corrected chi connectivity index (χ1v) is 12.3. The van der Waals surface area contributed by atoms with Crippen molar-refractivity contribution in [3.05, 3.63) is 67.6 Å². The molecule has 0 heterocycles. The van der Waals surface area contributed by atoms with E-state index < -0.39 is 6.04 Å². The normalized spacial score (nSPS) is 14.9. The van der Waals surface area contributed by atoms with Crippen LogP contribution < -0.4 is 5.32 Å². The number of nitrogens with zero attached hydrogens (tertiary/aromatic N) is 1. The Hall–Kier alpha value is -1.46. The minimum atomic E-state index is -0.613. The molecule has 1 atom stereocenters. The molecule has 4 nitrogen and oxygen atoms in total. The molecular formula is C24H26Cl4N2O2. The number of hydrogen-bond donors (Lipinski definition) is 1. The topological polar surface area (TPSA) is 49.4 Å². The van der Waals surface area contributed by atoms with E-state index in [0.717, 1.165) is 36.8 Å². The third-order valence-electron chi connectivity index (χ3n) is 5.78. The maximum Gasteiger partial charge on any atom is 0.243 e. The minimum Gasteiger partial charge on any atom is -0.352 e. The highest BCUT2D eigenvalue weighted by Crippen LogP contribution is 2.26. The average molecular weight is 516 g/mol. The Labute approximate surface area is 209 Å². The number of amides is 2. The molecule has 172 valence electrons. The van der Waals surface area contributed by atoms with E-state index in [1.807, 2.05) is 6.92 Å². The maximum atomic E-state index is 13.4. The molecular weight excluding hydrogens is 490 g/mol. The molecule has 0 saturated heterocycles. The van der Waals surface area contributed by atoms with E-state index in [0.29, 0.717) is 26.5 Å². The Balaban J connectivity index is 1.86. The SMILES string of the molecule is CC[C@H](C(=O)NC1CCCC1)N(Cc1ccc(Cl)cc1Cl)C(=O)Cc1ccc(Cl)c(Cl)c1. The first-order chi connectivity index (χ1) is 15.3. The van der Waals surface area contributed by atoms with Crippen LogP contribution in [-0.2, 0) is 22.6 Å². The fraction of sp³-hybridized carbons (Fsp3) is 0.417.